The monoisotopic (exact) mass is 341 g/mol. The number of anilines is 3. The molecule has 0 fully saturated rings. The highest BCUT2D eigenvalue weighted by molar-refractivity contribution is 7.80. The summed E-state index contributed by atoms with van der Waals surface area (Å²) in [7, 11) is 0. The van der Waals surface area contributed by atoms with Gasteiger partial charge in [-0.3, -0.25) is 0 Å². The Bertz CT molecular complexity index is 665. The molecule has 3 nitrogen and oxygen atoms in total. The van der Waals surface area contributed by atoms with E-state index in [1.165, 1.54) is 11.3 Å². The van der Waals surface area contributed by atoms with E-state index in [1.807, 2.05) is 12.1 Å². The van der Waals surface area contributed by atoms with Crippen molar-refractivity contribution in [3.8, 4) is 0 Å². The molecule has 2 rings (SSSR count). The van der Waals surface area contributed by atoms with E-state index in [0.29, 0.717) is 11.2 Å². The second kappa shape index (κ2) is 8.69. The van der Waals surface area contributed by atoms with E-state index in [0.717, 1.165) is 24.3 Å². The van der Waals surface area contributed by atoms with Gasteiger partial charge in [-0.05, 0) is 75.3 Å². The zero-order chi connectivity index (χ0) is 17.5. The third-order valence-corrected chi connectivity index (χ3v) is 4.27. The van der Waals surface area contributed by atoms with Gasteiger partial charge in [-0.1, -0.05) is 25.1 Å². The van der Waals surface area contributed by atoms with E-state index in [9.17, 15) is 0 Å². The van der Waals surface area contributed by atoms with Crippen molar-refractivity contribution in [1.29, 1.82) is 0 Å². The van der Waals surface area contributed by atoms with Crippen molar-refractivity contribution in [2.24, 2.45) is 0 Å². The molecule has 2 N–H and O–H groups in total. The first-order valence-electron chi connectivity index (χ1n) is 8.57. The van der Waals surface area contributed by atoms with Gasteiger partial charge in [0.05, 0.1) is 0 Å². The van der Waals surface area contributed by atoms with Crippen molar-refractivity contribution in [1.82, 2.24) is 0 Å². The summed E-state index contributed by atoms with van der Waals surface area (Å²) in [5, 5.41) is 7.15. The molecule has 0 aliphatic carbocycles. The van der Waals surface area contributed by atoms with Crippen molar-refractivity contribution in [3.63, 3.8) is 0 Å². The van der Waals surface area contributed by atoms with Gasteiger partial charge in [-0.25, -0.2) is 0 Å². The summed E-state index contributed by atoms with van der Waals surface area (Å²) in [5.41, 5.74) is 4.54. The van der Waals surface area contributed by atoms with Crippen LogP contribution in [0.25, 0.3) is 0 Å². The lowest BCUT2D eigenvalue weighted by Gasteiger charge is -2.27. The summed E-state index contributed by atoms with van der Waals surface area (Å²) in [6.45, 7) is 9.73. The zero-order valence-electron chi connectivity index (χ0n) is 15.0. The van der Waals surface area contributed by atoms with Crippen LogP contribution < -0.4 is 15.5 Å². The van der Waals surface area contributed by atoms with Crippen LogP contribution in [0.4, 0.5) is 17.1 Å². The molecule has 0 heterocycles. The Morgan fingerprint density at radius 3 is 2.25 bits per heavy atom. The van der Waals surface area contributed by atoms with Gasteiger partial charge in [0.2, 0.25) is 0 Å². The van der Waals surface area contributed by atoms with Crippen LogP contribution in [0.5, 0.6) is 0 Å². The van der Waals surface area contributed by atoms with Gasteiger partial charge in [0.15, 0.2) is 5.11 Å². The first kappa shape index (κ1) is 18.3. The van der Waals surface area contributed by atoms with E-state index in [4.69, 9.17) is 12.2 Å². The van der Waals surface area contributed by atoms with Crippen LogP contribution in [0.15, 0.2) is 48.5 Å². The molecule has 0 aliphatic rings. The largest absolute Gasteiger partial charge is 0.369 e. The van der Waals surface area contributed by atoms with Crippen LogP contribution in [0.2, 0.25) is 0 Å². The Hall–Kier alpha value is -2.07. The minimum absolute atomic E-state index is 0.488. The molecule has 2 aromatic carbocycles. The van der Waals surface area contributed by atoms with E-state index in [1.54, 1.807) is 0 Å². The SMILES string of the molecule is CCc1ccccc1NC(=S)Nc1ccc(N(CC)C(C)C)cc1. The smallest absolute Gasteiger partial charge is 0.175 e. The molecule has 0 atom stereocenters. The minimum Gasteiger partial charge on any atom is -0.369 e. The average Bonchev–Trinajstić information content (AvgIpc) is 2.57. The summed E-state index contributed by atoms with van der Waals surface area (Å²) >= 11 is 5.44. The highest BCUT2D eigenvalue weighted by atomic mass is 32.1. The van der Waals surface area contributed by atoms with Gasteiger partial charge in [-0.15, -0.1) is 0 Å². The van der Waals surface area contributed by atoms with Crippen molar-refractivity contribution in [2.75, 3.05) is 22.1 Å². The highest BCUT2D eigenvalue weighted by Gasteiger charge is 2.08. The Morgan fingerprint density at radius 2 is 1.67 bits per heavy atom. The third kappa shape index (κ3) is 4.71. The van der Waals surface area contributed by atoms with E-state index in [-0.39, 0.29) is 0 Å². The molecule has 0 saturated carbocycles. The Balaban J connectivity index is 2.02. The zero-order valence-corrected chi connectivity index (χ0v) is 15.8. The molecule has 24 heavy (non-hydrogen) atoms. The van der Waals surface area contributed by atoms with E-state index >= 15 is 0 Å². The molecule has 0 spiro atoms. The van der Waals surface area contributed by atoms with Crippen LogP contribution >= 0.6 is 12.2 Å². The summed E-state index contributed by atoms with van der Waals surface area (Å²) in [6.07, 6.45) is 0.975. The molecule has 0 bridgehead atoms. The first-order valence-corrected chi connectivity index (χ1v) is 8.98. The van der Waals surface area contributed by atoms with Gasteiger partial charge >= 0.3 is 0 Å². The quantitative estimate of drug-likeness (QED) is 0.698. The summed E-state index contributed by atoms with van der Waals surface area (Å²) in [6, 6.07) is 17.1. The highest BCUT2D eigenvalue weighted by Crippen LogP contribution is 2.20. The van der Waals surface area contributed by atoms with Gasteiger partial charge in [0.25, 0.3) is 0 Å². The topological polar surface area (TPSA) is 27.3 Å². The van der Waals surface area contributed by atoms with E-state index in [2.05, 4.69) is 79.6 Å². The van der Waals surface area contributed by atoms with Gasteiger partial charge in [0, 0.05) is 29.6 Å². The number of benzene rings is 2. The van der Waals surface area contributed by atoms with Crippen molar-refractivity contribution < 1.29 is 0 Å². The predicted molar refractivity (Wildman–Crippen MR) is 110 cm³/mol. The number of hydrogen-bond acceptors (Lipinski definition) is 2. The van der Waals surface area contributed by atoms with E-state index < -0.39 is 0 Å². The molecule has 0 radical (unpaired) electrons. The Kier molecular flexibility index (Phi) is 6.62. The Labute approximate surface area is 151 Å². The minimum atomic E-state index is 0.488. The fraction of sp³-hybridized carbons (Fsp3) is 0.350. The molecule has 0 aliphatic heterocycles. The van der Waals surface area contributed by atoms with Gasteiger partial charge < -0.3 is 15.5 Å². The lowest BCUT2D eigenvalue weighted by atomic mass is 10.1. The van der Waals surface area contributed by atoms with Crippen LogP contribution in [-0.2, 0) is 6.42 Å². The molecular weight excluding hydrogens is 314 g/mol. The second-order valence-corrected chi connectivity index (χ2v) is 6.42. The van der Waals surface area contributed by atoms with Gasteiger partial charge in [0.1, 0.15) is 0 Å². The first-order chi connectivity index (χ1) is 11.5. The predicted octanol–water partition coefficient (Wildman–Crippen LogP) is 5.29. The number of aryl methyl sites for hydroxylation is 1. The number of thiocarbonyl (C=S) groups is 1. The van der Waals surface area contributed by atoms with Crippen LogP contribution in [0.3, 0.4) is 0 Å². The fourth-order valence-corrected chi connectivity index (χ4v) is 3.05. The maximum atomic E-state index is 5.44. The number of rotatable bonds is 6. The van der Waals surface area contributed by atoms with Crippen molar-refractivity contribution in [3.05, 3.63) is 54.1 Å². The number of para-hydroxylation sites is 1. The molecular formula is C20H27N3S. The van der Waals surface area contributed by atoms with Crippen LogP contribution in [0, 0.1) is 0 Å². The fourth-order valence-electron chi connectivity index (χ4n) is 2.82. The average molecular weight is 342 g/mol. The second-order valence-electron chi connectivity index (χ2n) is 6.02. The summed E-state index contributed by atoms with van der Waals surface area (Å²) in [4.78, 5) is 2.36. The molecule has 0 unspecified atom stereocenters. The van der Waals surface area contributed by atoms with Crippen LogP contribution in [-0.4, -0.2) is 17.7 Å². The number of hydrogen-bond donors (Lipinski definition) is 2. The maximum Gasteiger partial charge on any atom is 0.175 e. The van der Waals surface area contributed by atoms with Crippen LogP contribution in [0.1, 0.15) is 33.3 Å². The maximum absolute atomic E-state index is 5.44. The van der Waals surface area contributed by atoms with Crippen molar-refractivity contribution >= 4 is 34.4 Å². The number of nitrogens with zero attached hydrogens (tertiary/aromatic N) is 1. The van der Waals surface area contributed by atoms with Gasteiger partial charge in [-0.2, -0.15) is 0 Å². The molecule has 128 valence electrons. The summed E-state index contributed by atoms with van der Waals surface area (Å²) in [5.74, 6) is 0. The molecule has 0 aromatic heterocycles. The lowest BCUT2D eigenvalue weighted by Crippen LogP contribution is -2.30. The Morgan fingerprint density at radius 1 is 1.00 bits per heavy atom. The molecule has 0 saturated heterocycles. The lowest BCUT2D eigenvalue weighted by molar-refractivity contribution is 0.704. The number of nitrogens with one attached hydrogen (secondary N) is 2. The van der Waals surface area contributed by atoms with Crippen molar-refractivity contribution in [2.45, 2.75) is 40.2 Å². The molecule has 2 aromatic rings. The molecule has 0 amide bonds. The normalized spacial score (nSPS) is 10.5. The standard InChI is InChI=1S/C20H27N3S/c1-5-16-9-7-8-10-19(16)22-20(24)21-17-11-13-18(14-12-17)23(6-2)15(3)4/h7-15H,5-6H2,1-4H3,(H2,21,22,24). The molecule has 4 heteroatoms. The third-order valence-electron chi connectivity index (χ3n) is 4.07. The summed E-state index contributed by atoms with van der Waals surface area (Å²) < 4.78 is 0.